The number of hydrogen-bond acceptors (Lipinski definition) is 2. The zero-order valence-electron chi connectivity index (χ0n) is 24.5. The highest BCUT2D eigenvalue weighted by Gasteiger charge is 2.48. The van der Waals surface area contributed by atoms with Gasteiger partial charge in [0.2, 0.25) is 0 Å². The molecule has 1 aliphatic heterocycles. The Morgan fingerprint density at radius 1 is 0.583 bits per heavy atom. The maximum atomic E-state index is 2.67. The highest BCUT2D eigenvalue weighted by atomic mass is 32.1. The topological polar surface area (TPSA) is 0 Å². The summed E-state index contributed by atoms with van der Waals surface area (Å²) in [4.78, 5) is 6.50. The monoisotopic (exact) mass is 544 g/mol. The van der Waals surface area contributed by atoms with Gasteiger partial charge in [-0.25, -0.2) is 0 Å². The Morgan fingerprint density at radius 2 is 1.00 bits per heavy atom. The van der Waals surface area contributed by atoms with E-state index in [-0.39, 0.29) is 0 Å². The SMILES string of the molecule is CCCCCCCCC(CCCCCC)C[Si]1(CCCCCCC)c2cc(C)sc2-c2sc(C)cc21. The zero-order valence-corrected chi connectivity index (χ0v) is 27.1. The van der Waals surface area contributed by atoms with E-state index in [0.29, 0.717) is 0 Å². The Labute approximate surface area is 233 Å². The molecule has 0 fully saturated rings. The summed E-state index contributed by atoms with van der Waals surface area (Å²) in [5, 5.41) is 3.73. The molecule has 0 nitrogen and oxygen atoms in total. The molecule has 3 heterocycles. The summed E-state index contributed by atoms with van der Waals surface area (Å²) in [6.45, 7) is 11.8. The van der Waals surface area contributed by atoms with Gasteiger partial charge in [-0.2, -0.15) is 0 Å². The lowest BCUT2D eigenvalue weighted by molar-refractivity contribution is 0.430. The van der Waals surface area contributed by atoms with Crippen LogP contribution in [0.1, 0.15) is 140 Å². The number of rotatable bonds is 20. The fourth-order valence-corrected chi connectivity index (χ4v) is 16.4. The molecule has 1 atom stereocenters. The van der Waals surface area contributed by atoms with Crippen molar-refractivity contribution in [1.82, 2.24) is 0 Å². The Kier molecular flexibility index (Phi) is 13.3. The normalized spacial score (nSPS) is 14.8. The minimum Gasteiger partial charge on any atom is -0.140 e. The predicted octanol–water partition coefficient (Wildman–Crippen LogP) is 11.3. The van der Waals surface area contributed by atoms with Crippen LogP contribution in [0.4, 0.5) is 0 Å². The van der Waals surface area contributed by atoms with E-state index in [1.807, 2.05) is 10.4 Å². The summed E-state index contributed by atoms with van der Waals surface area (Å²) in [6.07, 6.45) is 24.4. The zero-order chi connectivity index (χ0) is 25.8. The van der Waals surface area contributed by atoms with Crippen molar-refractivity contribution in [2.24, 2.45) is 5.92 Å². The van der Waals surface area contributed by atoms with Crippen LogP contribution in [-0.2, 0) is 0 Å². The molecule has 0 bridgehead atoms. The van der Waals surface area contributed by atoms with Crippen LogP contribution in [0.15, 0.2) is 12.1 Å². The van der Waals surface area contributed by atoms with E-state index in [9.17, 15) is 0 Å². The van der Waals surface area contributed by atoms with Crippen LogP contribution in [-0.4, -0.2) is 8.07 Å². The standard InChI is InChI=1S/C33H56S2Si/c1-6-9-12-15-16-19-22-29(21-18-14-11-8-3)26-36(23-20-17-13-10-7-2)30-24-27(4)34-32(30)33-31(36)25-28(5)35-33/h24-25,29H,6-23,26H2,1-5H3. The summed E-state index contributed by atoms with van der Waals surface area (Å²) >= 11 is 4.22. The maximum Gasteiger partial charge on any atom is 0.122 e. The fourth-order valence-electron chi connectivity index (χ4n) is 6.76. The number of hydrogen-bond donors (Lipinski definition) is 0. The third-order valence-electron chi connectivity index (χ3n) is 8.72. The lowest BCUT2D eigenvalue weighted by atomic mass is 9.96. The van der Waals surface area contributed by atoms with E-state index in [4.69, 9.17) is 0 Å². The third-order valence-corrected chi connectivity index (χ3v) is 16.7. The molecule has 0 N–H and O–H groups in total. The van der Waals surface area contributed by atoms with E-state index in [2.05, 4.69) is 69.4 Å². The Bertz CT molecular complexity index is 830. The Hall–Kier alpha value is -0.383. The molecule has 0 saturated carbocycles. The lowest BCUT2D eigenvalue weighted by Crippen LogP contribution is -2.55. The van der Waals surface area contributed by atoms with Crippen molar-refractivity contribution in [1.29, 1.82) is 0 Å². The molecule has 0 amide bonds. The molecule has 1 aliphatic rings. The molecule has 3 rings (SSSR count). The average molecular weight is 545 g/mol. The van der Waals surface area contributed by atoms with Gasteiger partial charge in [-0.1, -0.05) is 130 Å². The Morgan fingerprint density at radius 3 is 1.50 bits per heavy atom. The second kappa shape index (κ2) is 15.9. The number of fused-ring (bicyclic) bond motifs is 3. The molecule has 0 saturated heterocycles. The maximum absolute atomic E-state index is 2.67. The first-order valence-electron chi connectivity index (χ1n) is 15.8. The molecule has 0 aromatic carbocycles. The van der Waals surface area contributed by atoms with E-state index >= 15 is 0 Å². The van der Waals surface area contributed by atoms with Gasteiger partial charge in [0.05, 0.1) is 0 Å². The van der Waals surface area contributed by atoms with Crippen molar-refractivity contribution in [3.8, 4) is 9.75 Å². The second-order valence-electron chi connectivity index (χ2n) is 11.9. The molecule has 204 valence electrons. The van der Waals surface area contributed by atoms with Crippen LogP contribution in [0, 0.1) is 19.8 Å². The minimum absolute atomic E-state index is 0.939. The number of aryl methyl sites for hydroxylation is 2. The first kappa shape index (κ1) is 30.2. The number of unbranched alkanes of at least 4 members (excludes halogenated alkanes) is 12. The van der Waals surface area contributed by atoms with Crippen molar-refractivity contribution < 1.29 is 0 Å². The quantitative estimate of drug-likeness (QED) is 0.115. The Balaban J connectivity index is 1.82. The van der Waals surface area contributed by atoms with Gasteiger partial charge in [-0.15, -0.1) is 22.7 Å². The van der Waals surface area contributed by atoms with E-state index < -0.39 is 8.07 Å². The van der Waals surface area contributed by atoms with Crippen LogP contribution in [0.5, 0.6) is 0 Å². The highest BCUT2D eigenvalue weighted by Crippen LogP contribution is 2.44. The van der Waals surface area contributed by atoms with Crippen LogP contribution in [0.2, 0.25) is 12.1 Å². The van der Waals surface area contributed by atoms with Gasteiger partial charge in [0.25, 0.3) is 0 Å². The smallest absolute Gasteiger partial charge is 0.122 e. The van der Waals surface area contributed by atoms with Crippen molar-refractivity contribution in [3.05, 3.63) is 21.9 Å². The van der Waals surface area contributed by atoms with Crippen molar-refractivity contribution >= 4 is 41.1 Å². The fraction of sp³-hybridized carbons (Fsp3) is 0.758. The highest BCUT2D eigenvalue weighted by molar-refractivity contribution is 7.29. The largest absolute Gasteiger partial charge is 0.140 e. The van der Waals surface area contributed by atoms with Crippen LogP contribution in [0.3, 0.4) is 0 Å². The van der Waals surface area contributed by atoms with E-state index in [0.717, 1.165) is 5.92 Å². The summed E-state index contributed by atoms with van der Waals surface area (Å²) in [6, 6.07) is 8.37. The molecule has 2 aromatic heterocycles. The second-order valence-corrected chi connectivity index (χ2v) is 18.6. The van der Waals surface area contributed by atoms with Crippen molar-refractivity contribution in [2.75, 3.05) is 0 Å². The van der Waals surface area contributed by atoms with Gasteiger partial charge in [0.15, 0.2) is 0 Å². The molecule has 0 radical (unpaired) electrons. The van der Waals surface area contributed by atoms with Crippen LogP contribution >= 0.6 is 22.7 Å². The average Bonchev–Trinajstić information content (AvgIpc) is 3.50. The molecule has 3 heteroatoms. The van der Waals surface area contributed by atoms with Gasteiger partial charge >= 0.3 is 0 Å². The van der Waals surface area contributed by atoms with Crippen LogP contribution in [0.25, 0.3) is 9.75 Å². The third kappa shape index (κ3) is 8.06. The lowest BCUT2D eigenvalue weighted by Gasteiger charge is -2.33. The molecule has 1 unspecified atom stereocenters. The van der Waals surface area contributed by atoms with Crippen LogP contribution < -0.4 is 10.4 Å². The molecule has 36 heavy (non-hydrogen) atoms. The first-order valence-corrected chi connectivity index (χ1v) is 19.8. The van der Waals surface area contributed by atoms with Gasteiger partial charge in [0, 0.05) is 19.5 Å². The molecule has 2 aromatic rings. The van der Waals surface area contributed by atoms with E-state index in [1.54, 1.807) is 19.5 Å². The predicted molar refractivity (Wildman–Crippen MR) is 171 cm³/mol. The summed E-state index contributed by atoms with van der Waals surface area (Å²) in [5.74, 6) is 0.939. The van der Waals surface area contributed by atoms with Crippen molar-refractivity contribution in [2.45, 2.75) is 156 Å². The molecular formula is C33H56S2Si. The van der Waals surface area contributed by atoms with Gasteiger partial charge in [0.1, 0.15) is 8.07 Å². The first-order chi connectivity index (χ1) is 17.6. The van der Waals surface area contributed by atoms with Gasteiger partial charge in [-0.05, 0) is 54.4 Å². The van der Waals surface area contributed by atoms with E-state index in [1.165, 1.54) is 121 Å². The van der Waals surface area contributed by atoms with Gasteiger partial charge in [-0.3, -0.25) is 0 Å². The summed E-state index contributed by atoms with van der Waals surface area (Å²) in [5.41, 5.74) is 0. The van der Waals surface area contributed by atoms with Gasteiger partial charge < -0.3 is 0 Å². The summed E-state index contributed by atoms with van der Waals surface area (Å²) in [7, 11) is -1.68. The minimum atomic E-state index is -1.68. The van der Waals surface area contributed by atoms with Crippen molar-refractivity contribution in [3.63, 3.8) is 0 Å². The summed E-state index contributed by atoms with van der Waals surface area (Å²) < 4.78 is 0. The number of thiophene rings is 2. The molecular weight excluding hydrogens is 489 g/mol. The molecule has 0 aliphatic carbocycles. The molecule has 0 spiro atoms.